The van der Waals surface area contributed by atoms with Gasteiger partial charge in [0.15, 0.2) is 5.65 Å². The van der Waals surface area contributed by atoms with E-state index in [0.29, 0.717) is 30.2 Å². The first kappa shape index (κ1) is 16.7. The quantitative estimate of drug-likeness (QED) is 0.629. The van der Waals surface area contributed by atoms with E-state index in [0.717, 1.165) is 11.1 Å². The highest BCUT2D eigenvalue weighted by Gasteiger charge is 2.10. The van der Waals surface area contributed by atoms with Crippen LogP contribution in [0.5, 0.6) is 5.88 Å². The van der Waals surface area contributed by atoms with Crippen LogP contribution in [0.15, 0.2) is 30.6 Å². The molecule has 0 spiro atoms. The fourth-order valence-corrected chi connectivity index (χ4v) is 2.23. The Labute approximate surface area is 144 Å². The molecule has 25 heavy (non-hydrogen) atoms. The summed E-state index contributed by atoms with van der Waals surface area (Å²) in [6.45, 7) is 4.58. The van der Waals surface area contributed by atoms with Gasteiger partial charge in [-0.2, -0.15) is 9.97 Å². The molecule has 0 unspecified atom stereocenters. The molecule has 0 aliphatic carbocycles. The van der Waals surface area contributed by atoms with Crippen molar-refractivity contribution in [1.29, 1.82) is 0 Å². The van der Waals surface area contributed by atoms with Gasteiger partial charge >= 0.3 is 0 Å². The first-order valence-electron chi connectivity index (χ1n) is 7.98. The molecule has 8 nitrogen and oxygen atoms in total. The first-order valence-corrected chi connectivity index (χ1v) is 7.98. The molecule has 0 saturated heterocycles. The molecule has 2 aromatic heterocycles. The molecular weight excluding hydrogens is 320 g/mol. The molecule has 0 bridgehead atoms. The summed E-state index contributed by atoms with van der Waals surface area (Å²) in [6.07, 6.45) is 1.52. The molecule has 4 N–H and O–H groups in total. The molecule has 0 saturated carbocycles. The van der Waals surface area contributed by atoms with Crippen molar-refractivity contribution in [1.82, 2.24) is 25.3 Å². The zero-order chi connectivity index (χ0) is 17.8. The van der Waals surface area contributed by atoms with Crippen LogP contribution >= 0.6 is 0 Å². The summed E-state index contributed by atoms with van der Waals surface area (Å²) < 4.78 is 5.74. The van der Waals surface area contributed by atoms with Crippen molar-refractivity contribution in [3.05, 3.63) is 41.7 Å². The Morgan fingerprint density at radius 2 is 1.96 bits per heavy atom. The molecule has 3 aromatic rings. The van der Waals surface area contributed by atoms with Gasteiger partial charge in [0.25, 0.3) is 0 Å². The predicted octanol–water partition coefficient (Wildman–Crippen LogP) is 1.79. The van der Waals surface area contributed by atoms with Gasteiger partial charge in [-0.15, -0.1) is 0 Å². The number of nitrogen functional groups attached to an aromatic ring is 1. The van der Waals surface area contributed by atoms with Crippen LogP contribution in [0.1, 0.15) is 25.0 Å². The van der Waals surface area contributed by atoms with E-state index in [2.05, 4.69) is 25.3 Å². The predicted molar refractivity (Wildman–Crippen MR) is 93.6 cm³/mol. The van der Waals surface area contributed by atoms with Crippen molar-refractivity contribution in [2.24, 2.45) is 5.92 Å². The van der Waals surface area contributed by atoms with Gasteiger partial charge in [0.05, 0.1) is 6.33 Å². The van der Waals surface area contributed by atoms with Gasteiger partial charge in [-0.3, -0.25) is 4.79 Å². The number of nitrogens with zero attached hydrogens (tertiary/aromatic N) is 3. The minimum atomic E-state index is -0.0210. The number of anilines is 1. The lowest BCUT2D eigenvalue weighted by molar-refractivity contribution is -0.124. The average Bonchev–Trinajstić information content (AvgIpc) is 3.06. The molecule has 1 aromatic carbocycles. The second-order valence-corrected chi connectivity index (χ2v) is 5.97. The van der Waals surface area contributed by atoms with E-state index in [9.17, 15) is 4.79 Å². The van der Waals surface area contributed by atoms with Crippen LogP contribution in [0.25, 0.3) is 11.2 Å². The van der Waals surface area contributed by atoms with Gasteiger partial charge in [-0.05, 0) is 11.1 Å². The van der Waals surface area contributed by atoms with Crippen LogP contribution in [-0.4, -0.2) is 25.8 Å². The Bertz CT molecular complexity index is 872. The number of hydrogen-bond donors (Lipinski definition) is 3. The SMILES string of the molecule is CC(C)C(=O)NCc1ccc(COc2nc(N)nc3nc[nH]c23)cc1. The Morgan fingerprint density at radius 3 is 2.68 bits per heavy atom. The van der Waals surface area contributed by atoms with Gasteiger partial charge in [-0.25, -0.2) is 4.98 Å². The van der Waals surface area contributed by atoms with E-state index >= 15 is 0 Å². The van der Waals surface area contributed by atoms with Gasteiger partial charge in [0.1, 0.15) is 12.1 Å². The van der Waals surface area contributed by atoms with E-state index < -0.39 is 0 Å². The average molecular weight is 340 g/mol. The van der Waals surface area contributed by atoms with Crippen molar-refractivity contribution in [3.8, 4) is 5.88 Å². The third-order valence-electron chi connectivity index (χ3n) is 3.66. The number of imidazole rings is 1. The maximum Gasteiger partial charge on any atom is 0.245 e. The summed E-state index contributed by atoms with van der Waals surface area (Å²) in [6, 6.07) is 7.82. The summed E-state index contributed by atoms with van der Waals surface area (Å²) >= 11 is 0. The molecular formula is C17H20N6O2. The fraction of sp³-hybridized carbons (Fsp3) is 0.294. The van der Waals surface area contributed by atoms with Crippen molar-refractivity contribution in [3.63, 3.8) is 0 Å². The van der Waals surface area contributed by atoms with E-state index in [1.54, 1.807) is 0 Å². The number of carbonyl (C=O) groups is 1. The molecule has 2 heterocycles. The second kappa shape index (κ2) is 7.16. The summed E-state index contributed by atoms with van der Waals surface area (Å²) in [7, 11) is 0. The highest BCUT2D eigenvalue weighted by atomic mass is 16.5. The Hall–Kier alpha value is -3.16. The number of ether oxygens (including phenoxy) is 1. The molecule has 0 aliphatic heterocycles. The number of benzene rings is 1. The zero-order valence-electron chi connectivity index (χ0n) is 14.1. The molecule has 0 aliphatic rings. The number of amides is 1. The highest BCUT2D eigenvalue weighted by Crippen LogP contribution is 2.20. The van der Waals surface area contributed by atoms with Crippen LogP contribution < -0.4 is 15.8 Å². The number of nitrogens with one attached hydrogen (secondary N) is 2. The Morgan fingerprint density at radius 1 is 1.24 bits per heavy atom. The van der Waals surface area contributed by atoms with Gasteiger partial charge in [0, 0.05) is 12.5 Å². The third-order valence-corrected chi connectivity index (χ3v) is 3.66. The second-order valence-electron chi connectivity index (χ2n) is 5.97. The molecule has 0 atom stereocenters. The molecule has 8 heteroatoms. The fourth-order valence-electron chi connectivity index (χ4n) is 2.23. The number of rotatable bonds is 6. The highest BCUT2D eigenvalue weighted by molar-refractivity contribution is 5.78. The third kappa shape index (κ3) is 4.03. The van der Waals surface area contributed by atoms with E-state index in [1.165, 1.54) is 6.33 Å². The Balaban J connectivity index is 1.62. The van der Waals surface area contributed by atoms with Gasteiger partial charge in [-0.1, -0.05) is 38.1 Å². The van der Waals surface area contributed by atoms with Crippen LogP contribution in [0.2, 0.25) is 0 Å². The van der Waals surface area contributed by atoms with E-state index in [-0.39, 0.29) is 17.8 Å². The summed E-state index contributed by atoms with van der Waals surface area (Å²) in [4.78, 5) is 26.7. The van der Waals surface area contributed by atoms with Crippen LogP contribution in [0, 0.1) is 5.92 Å². The monoisotopic (exact) mass is 340 g/mol. The maximum absolute atomic E-state index is 11.6. The van der Waals surface area contributed by atoms with Crippen LogP contribution in [0.3, 0.4) is 0 Å². The van der Waals surface area contributed by atoms with Gasteiger partial charge in [0.2, 0.25) is 17.7 Å². The zero-order valence-corrected chi connectivity index (χ0v) is 14.1. The summed E-state index contributed by atoms with van der Waals surface area (Å²) in [5.41, 5.74) is 8.75. The number of aromatic amines is 1. The van der Waals surface area contributed by atoms with Crippen molar-refractivity contribution < 1.29 is 9.53 Å². The standard InChI is InChI=1S/C17H20N6O2/c1-10(2)15(24)19-7-11-3-5-12(6-4-11)8-25-16-13-14(21-9-20-13)22-17(18)23-16/h3-6,9-10H,7-8H2,1-2H3,(H,19,24)(H3,18,20,21,22,23). The molecule has 0 fully saturated rings. The number of fused-ring (bicyclic) bond motifs is 1. The Kier molecular flexibility index (Phi) is 4.78. The molecule has 0 radical (unpaired) electrons. The maximum atomic E-state index is 11.6. The van der Waals surface area contributed by atoms with E-state index in [4.69, 9.17) is 10.5 Å². The van der Waals surface area contributed by atoms with Crippen LogP contribution in [0.4, 0.5) is 5.95 Å². The molecule has 130 valence electrons. The van der Waals surface area contributed by atoms with Crippen molar-refractivity contribution in [2.75, 3.05) is 5.73 Å². The lowest BCUT2D eigenvalue weighted by atomic mass is 10.1. The molecule has 1 amide bonds. The van der Waals surface area contributed by atoms with Gasteiger partial charge < -0.3 is 20.8 Å². The first-order chi connectivity index (χ1) is 12.0. The summed E-state index contributed by atoms with van der Waals surface area (Å²) in [5.74, 6) is 0.503. The molecule has 3 rings (SSSR count). The number of aromatic nitrogens is 4. The van der Waals surface area contributed by atoms with Crippen molar-refractivity contribution in [2.45, 2.75) is 27.0 Å². The minimum absolute atomic E-state index is 0.0210. The minimum Gasteiger partial charge on any atom is -0.471 e. The lowest BCUT2D eigenvalue weighted by Gasteiger charge is -2.09. The van der Waals surface area contributed by atoms with Crippen LogP contribution in [-0.2, 0) is 17.9 Å². The summed E-state index contributed by atoms with van der Waals surface area (Å²) in [5, 5.41) is 2.89. The lowest BCUT2D eigenvalue weighted by Crippen LogP contribution is -2.27. The number of H-pyrrole nitrogens is 1. The normalized spacial score (nSPS) is 11.0. The van der Waals surface area contributed by atoms with Crippen molar-refractivity contribution >= 4 is 23.0 Å². The number of hydrogen-bond acceptors (Lipinski definition) is 6. The smallest absolute Gasteiger partial charge is 0.245 e. The largest absolute Gasteiger partial charge is 0.471 e. The number of carbonyl (C=O) groups excluding carboxylic acids is 1. The topological polar surface area (TPSA) is 119 Å². The number of nitrogens with two attached hydrogens (primary N) is 1. The van der Waals surface area contributed by atoms with E-state index in [1.807, 2.05) is 38.1 Å².